The van der Waals surface area contributed by atoms with Crippen LogP contribution in [-0.4, -0.2) is 14.9 Å². The van der Waals surface area contributed by atoms with E-state index < -0.39 is 11.7 Å². The highest BCUT2D eigenvalue weighted by atomic mass is 19.4. The lowest BCUT2D eigenvalue weighted by Gasteiger charge is -2.21. The third-order valence-electron chi connectivity index (χ3n) is 4.44. The molecular weight excluding hydrogens is 305 g/mol. The van der Waals surface area contributed by atoms with Crippen molar-refractivity contribution in [2.24, 2.45) is 5.92 Å². The summed E-state index contributed by atoms with van der Waals surface area (Å²) >= 11 is 0. The molecule has 124 valence electrons. The lowest BCUT2D eigenvalue weighted by Crippen LogP contribution is -2.14. The predicted octanol–water partition coefficient (Wildman–Crippen LogP) is 4.85. The number of aromatic nitrogens is 2. The molecule has 0 aliphatic heterocycles. The molecule has 2 aromatic rings. The van der Waals surface area contributed by atoms with Crippen LogP contribution in [0.5, 0.6) is 5.75 Å². The Labute approximate surface area is 132 Å². The van der Waals surface area contributed by atoms with Gasteiger partial charge in [-0.3, -0.25) is 4.68 Å². The van der Waals surface area contributed by atoms with Crippen molar-refractivity contribution in [3.05, 3.63) is 36.2 Å². The number of hydrogen-bond donors (Lipinski definition) is 1. The Morgan fingerprint density at radius 1 is 1.17 bits per heavy atom. The molecule has 3 rings (SSSR count). The van der Waals surface area contributed by atoms with Gasteiger partial charge in [-0.1, -0.05) is 19.3 Å². The van der Waals surface area contributed by atoms with Gasteiger partial charge >= 0.3 is 6.18 Å². The Morgan fingerprint density at radius 3 is 2.61 bits per heavy atom. The van der Waals surface area contributed by atoms with Gasteiger partial charge in [0.2, 0.25) is 0 Å². The van der Waals surface area contributed by atoms with Gasteiger partial charge in [0.1, 0.15) is 5.75 Å². The van der Waals surface area contributed by atoms with Crippen LogP contribution < -0.4 is 0 Å². The first-order valence-corrected chi connectivity index (χ1v) is 7.86. The normalized spacial score (nSPS) is 16.7. The summed E-state index contributed by atoms with van der Waals surface area (Å²) < 4.78 is 40.3. The molecule has 1 saturated carbocycles. The maximum Gasteiger partial charge on any atom is 0.416 e. The molecule has 23 heavy (non-hydrogen) atoms. The summed E-state index contributed by atoms with van der Waals surface area (Å²) in [6, 6.07) is 2.93. The smallest absolute Gasteiger partial charge is 0.416 e. The van der Waals surface area contributed by atoms with Gasteiger partial charge in [0, 0.05) is 23.9 Å². The summed E-state index contributed by atoms with van der Waals surface area (Å²) in [6.07, 6.45) is 4.87. The monoisotopic (exact) mass is 324 g/mol. The van der Waals surface area contributed by atoms with Crippen molar-refractivity contribution in [3.63, 3.8) is 0 Å². The first-order valence-electron chi connectivity index (χ1n) is 7.86. The number of hydrogen-bond acceptors (Lipinski definition) is 2. The number of phenols is 1. The van der Waals surface area contributed by atoms with Crippen LogP contribution in [0.4, 0.5) is 13.2 Å². The predicted molar refractivity (Wildman–Crippen MR) is 80.9 cm³/mol. The number of aromatic hydroxyl groups is 1. The van der Waals surface area contributed by atoms with Crippen LogP contribution in [0.15, 0.2) is 30.6 Å². The molecule has 0 radical (unpaired) electrons. The van der Waals surface area contributed by atoms with E-state index in [1.807, 2.05) is 0 Å². The molecule has 0 atom stereocenters. The molecule has 1 aliphatic rings. The largest absolute Gasteiger partial charge is 0.507 e. The molecule has 0 spiro atoms. The minimum Gasteiger partial charge on any atom is -0.507 e. The summed E-state index contributed by atoms with van der Waals surface area (Å²) in [5.41, 5.74) is -0.107. The maximum absolute atomic E-state index is 12.8. The molecular formula is C17H19F3N2O. The van der Waals surface area contributed by atoms with E-state index in [0.29, 0.717) is 11.5 Å². The topological polar surface area (TPSA) is 38.1 Å². The number of nitrogens with zero attached hydrogens (tertiary/aromatic N) is 2. The SMILES string of the molecule is Oc1ccc(C(F)(F)F)cc1-c1cnn(CC2CCCCC2)c1. The fourth-order valence-electron chi connectivity index (χ4n) is 3.18. The number of phenolic OH excluding ortho intramolecular Hbond substituents is 1. The summed E-state index contributed by atoms with van der Waals surface area (Å²) in [5, 5.41) is 14.1. The third kappa shape index (κ3) is 3.68. The molecule has 1 aliphatic carbocycles. The summed E-state index contributed by atoms with van der Waals surface area (Å²) in [7, 11) is 0. The number of halogens is 3. The van der Waals surface area contributed by atoms with E-state index in [4.69, 9.17) is 0 Å². The van der Waals surface area contributed by atoms with Gasteiger partial charge in [0.25, 0.3) is 0 Å². The number of alkyl halides is 3. The molecule has 0 amide bonds. The fraction of sp³-hybridized carbons (Fsp3) is 0.471. The van der Waals surface area contributed by atoms with Gasteiger partial charge in [-0.25, -0.2) is 0 Å². The van der Waals surface area contributed by atoms with Crippen molar-refractivity contribution in [1.82, 2.24) is 9.78 Å². The molecule has 0 bridgehead atoms. The third-order valence-corrected chi connectivity index (χ3v) is 4.44. The molecule has 3 nitrogen and oxygen atoms in total. The maximum atomic E-state index is 12.8. The van der Waals surface area contributed by atoms with E-state index >= 15 is 0 Å². The standard InChI is InChI=1S/C17H19F3N2O/c18-17(19,20)14-6-7-16(23)15(8-14)13-9-21-22(11-13)10-12-4-2-1-3-5-12/h6-9,11-12,23H,1-5,10H2. The summed E-state index contributed by atoms with van der Waals surface area (Å²) in [4.78, 5) is 0. The van der Waals surface area contributed by atoms with E-state index in [9.17, 15) is 18.3 Å². The second-order valence-corrected chi connectivity index (χ2v) is 6.18. The first-order chi connectivity index (χ1) is 10.9. The van der Waals surface area contributed by atoms with E-state index in [-0.39, 0.29) is 11.3 Å². The van der Waals surface area contributed by atoms with E-state index in [1.54, 1.807) is 10.9 Å². The lowest BCUT2D eigenvalue weighted by molar-refractivity contribution is -0.137. The van der Waals surface area contributed by atoms with Gasteiger partial charge in [-0.05, 0) is 37.0 Å². The van der Waals surface area contributed by atoms with Crippen molar-refractivity contribution < 1.29 is 18.3 Å². The van der Waals surface area contributed by atoms with Gasteiger partial charge in [-0.15, -0.1) is 0 Å². The van der Waals surface area contributed by atoms with Crippen molar-refractivity contribution in [2.45, 2.75) is 44.8 Å². The summed E-state index contributed by atoms with van der Waals surface area (Å²) in [5.74, 6) is 0.404. The molecule has 1 N–H and O–H groups in total. The zero-order chi connectivity index (χ0) is 16.4. The van der Waals surface area contributed by atoms with E-state index in [2.05, 4.69) is 5.10 Å². The van der Waals surface area contributed by atoms with Gasteiger partial charge in [0.15, 0.2) is 0 Å². The van der Waals surface area contributed by atoms with Crippen LogP contribution in [0, 0.1) is 5.92 Å². The average molecular weight is 324 g/mol. The van der Waals surface area contributed by atoms with Crippen LogP contribution in [0.1, 0.15) is 37.7 Å². The Kier molecular flexibility index (Phi) is 4.33. The minimum atomic E-state index is -4.43. The van der Waals surface area contributed by atoms with Gasteiger partial charge < -0.3 is 5.11 Å². The average Bonchev–Trinajstić information content (AvgIpc) is 2.96. The second-order valence-electron chi connectivity index (χ2n) is 6.18. The number of rotatable bonds is 3. The summed E-state index contributed by atoms with van der Waals surface area (Å²) in [6.45, 7) is 0.778. The quantitative estimate of drug-likeness (QED) is 0.876. The van der Waals surface area contributed by atoms with Crippen LogP contribution in [0.3, 0.4) is 0 Å². The van der Waals surface area contributed by atoms with Crippen molar-refractivity contribution >= 4 is 0 Å². The fourth-order valence-corrected chi connectivity index (χ4v) is 3.18. The molecule has 0 unspecified atom stereocenters. The first kappa shape index (κ1) is 15.9. The van der Waals surface area contributed by atoms with Crippen LogP contribution >= 0.6 is 0 Å². The lowest BCUT2D eigenvalue weighted by atomic mass is 9.89. The van der Waals surface area contributed by atoms with Crippen molar-refractivity contribution in [1.29, 1.82) is 0 Å². The molecule has 1 aromatic carbocycles. The zero-order valence-corrected chi connectivity index (χ0v) is 12.7. The van der Waals surface area contributed by atoms with Crippen LogP contribution in [-0.2, 0) is 12.7 Å². The Bertz CT molecular complexity index is 673. The highest BCUT2D eigenvalue weighted by Crippen LogP contribution is 2.36. The Balaban J connectivity index is 1.82. The van der Waals surface area contributed by atoms with Gasteiger partial charge in [0.05, 0.1) is 11.8 Å². The van der Waals surface area contributed by atoms with Crippen LogP contribution in [0.2, 0.25) is 0 Å². The van der Waals surface area contributed by atoms with E-state index in [0.717, 1.165) is 24.7 Å². The van der Waals surface area contributed by atoms with E-state index in [1.165, 1.54) is 38.3 Å². The highest BCUT2D eigenvalue weighted by Gasteiger charge is 2.31. The Morgan fingerprint density at radius 2 is 1.91 bits per heavy atom. The van der Waals surface area contributed by atoms with Crippen molar-refractivity contribution in [2.75, 3.05) is 0 Å². The molecule has 1 heterocycles. The van der Waals surface area contributed by atoms with Crippen LogP contribution in [0.25, 0.3) is 11.1 Å². The molecule has 6 heteroatoms. The minimum absolute atomic E-state index is 0.162. The highest BCUT2D eigenvalue weighted by molar-refractivity contribution is 5.69. The Hall–Kier alpha value is -1.98. The van der Waals surface area contributed by atoms with Gasteiger partial charge in [-0.2, -0.15) is 18.3 Å². The zero-order valence-electron chi connectivity index (χ0n) is 12.7. The molecule has 1 fully saturated rings. The number of benzene rings is 1. The van der Waals surface area contributed by atoms with Crippen molar-refractivity contribution in [3.8, 4) is 16.9 Å². The second kappa shape index (κ2) is 6.26. The molecule has 0 saturated heterocycles. The molecule has 1 aromatic heterocycles.